The van der Waals surface area contributed by atoms with E-state index in [4.69, 9.17) is 19.2 Å². The van der Waals surface area contributed by atoms with E-state index in [0.717, 1.165) is 36.4 Å². The maximum absolute atomic E-state index is 11.7. The van der Waals surface area contributed by atoms with Crippen molar-refractivity contribution in [2.24, 2.45) is 0 Å². The zero-order valence-electron chi connectivity index (χ0n) is 24.2. The van der Waals surface area contributed by atoms with Crippen molar-refractivity contribution in [1.82, 2.24) is 4.98 Å². The van der Waals surface area contributed by atoms with E-state index < -0.39 is 5.97 Å². The van der Waals surface area contributed by atoms with Crippen molar-refractivity contribution >= 4 is 29.5 Å². The van der Waals surface area contributed by atoms with Crippen molar-refractivity contribution in [3.05, 3.63) is 83.7 Å². The van der Waals surface area contributed by atoms with Gasteiger partial charge in [-0.05, 0) is 73.4 Å². The molecule has 0 radical (unpaired) electrons. The summed E-state index contributed by atoms with van der Waals surface area (Å²) < 4.78 is 16.1. The van der Waals surface area contributed by atoms with Gasteiger partial charge in [0, 0.05) is 36.5 Å². The number of thioether (sulfide) groups is 1. The molecule has 1 heterocycles. The van der Waals surface area contributed by atoms with Crippen LogP contribution < -0.4 is 14.4 Å². The molecular formula is C33H42N2O4S. The third-order valence-corrected chi connectivity index (χ3v) is 7.55. The van der Waals surface area contributed by atoms with Gasteiger partial charge in [0.05, 0.1) is 26.5 Å². The molecule has 6 nitrogen and oxygen atoms in total. The number of esters is 1. The maximum Gasteiger partial charge on any atom is 0.330 e. The van der Waals surface area contributed by atoms with Crippen LogP contribution >= 0.6 is 11.8 Å². The number of carbonyl (C=O) groups is 1. The largest absolute Gasteiger partial charge is 0.497 e. The number of rotatable bonds is 17. The van der Waals surface area contributed by atoms with Crippen LogP contribution in [0.5, 0.6) is 11.5 Å². The Labute approximate surface area is 243 Å². The average molecular weight is 563 g/mol. The number of ether oxygens (including phenoxy) is 3. The number of hydrogen-bond acceptors (Lipinski definition) is 7. The Balaban J connectivity index is 1.43. The van der Waals surface area contributed by atoms with Crippen molar-refractivity contribution in [1.29, 1.82) is 0 Å². The normalized spacial score (nSPS) is 11.0. The summed E-state index contributed by atoms with van der Waals surface area (Å²) in [5.74, 6) is 1.89. The van der Waals surface area contributed by atoms with Gasteiger partial charge in [0.1, 0.15) is 17.2 Å². The number of anilines is 1. The monoisotopic (exact) mass is 562 g/mol. The Hall–Kier alpha value is -3.45. The molecule has 0 aliphatic carbocycles. The van der Waals surface area contributed by atoms with Crippen LogP contribution in [0.3, 0.4) is 0 Å². The van der Waals surface area contributed by atoms with Crippen molar-refractivity contribution in [2.45, 2.75) is 55.6 Å². The minimum atomic E-state index is -0.417. The molecule has 0 aliphatic heterocycles. The van der Waals surface area contributed by atoms with Gasteiger partial charge in [0.2, 0.25) is 0 Å². The van der Waals surface area contributed by atoms with Gasteiger partial charge in [-0.3, -0.25) is 0 Å². The van der Waals surface area contributed by atoms with Crippen molar-refractivity contribution in [3.63, 3.8) is 0 Å². The van der Waals surface area contributed by atoms with Crippen molar-refractivity contribution in [3.8, 4) is 11.5 Å². The maximum atomic E-state index is 11.7. The summed E-state index contributed by atoms with van der Waals surface area (Å²) in [7, 11) is 7.14. The highest BCUT2D eigenvalue weighted by Crippen LogP contribution is 2.27. The summed E-state index contributed by atoms with van der Waals surface area (Å²) in [5, 5.41) is 0. The van der Waals surface area contributed by atoms with E-state index in [-0.39, 0.29) is 0 Å². The quantitative estimate of drug-likeness (QED) is 0.0727. The molecule has 2 aromatic carbocycles. The third-order valence-electron chi connectivity index (χ3n) is 6.52. The second kappa shape index (κ2) is 17.3. The van der Waals surface area contributed by atoms with Crippen LogP contribution in [0, 0.1) is 0 Å². The number of carbonyl (C=O) groups excluding carboxylic acids is 1. The molecule has 40 heavy (non-hydrogen) atoms. The minimum Gasteiger partial charge on any atom is -0.497 e. The summed E-state index contributed by atoms with van der Waals surface area (Å²) in [6.45, 7) is 0.623. The third kappa shape index (κ3) is 11.0. The van der Waals surface area contributed by atoms with Gasteiger partial charge < -0.3 is 19.1 Å². The Morgan fingerprint density at radius 2 is 1.68 bits per heavy atom. The van der Waals surface area contributed by atoms with E-state index in [9.17, 15) is 4.79 Å². The molecule has 0 fully saturated rings. The number of aromatic nitrogens is 1. The fraction of sp³-hybridized carbons (Fsp3) is 0.394. The smallest absolute Gasteiger partial charge is 0.330 e. The predicted molar refractivity (Wildman–Crippen MR) is 166 cm³/mol. The number of aryl methyl sites for hydroxylation is 1. The first kappa shape index (κ1) is 31.1. The molecule has 0 amide bonds. The molecule has 214 valence electrons. The number of hydrogen-bond donors (Lipinski definition) is 0. The van der Waals surface area contributed by atoms with E-state index in [0.29, 0.717) is 23.8 Å². The van der Waals surface area contributed by atoms with Crippen molar-refractivity contribution < 1.29 is 19.0 Å². The molecule has 3 aromatic rings. The van der Waals surface area contributed by atoms with Gasteiger partial charge in [-0.1, -0.05) is 43.9 Å². The lowest BCUT2D eigenvalue weighted by Crippen LogP contribution is -2.08. The molecule has 0 unspecified atom stereocenters. The predicted octanol–water partition coefficient (Wildman–Crippen LogP) is 7.60. The summed E-state index contributed by atoms with van der Waals surface area (Å²) in [4.78, 5) is 19.8. The Kier molecular flexibility index (Phi) is 13.4. The highest BCUT2D eigenvalue weighted by Gasteiger charge is 2.08. The Morgan fingerprint density at radius 3 is 2.40 bits per heavy atom. The van der Waals surface area contributed by atoms with Gasteiger partial charge in [-0.15, -0.1) is 11.8 Å². The van der Waals surface area contributed by atoms with Crippen LogP contribution in [-0.4, -0.2) is 45.9 Å². The minimum absolute atomic E-state index is 0.417. The van der Waals surface area contributed by atoms with E-state index in [1.54, 1.807) is 24.9 Å². The van der Waals surface area contributed by atoms with Crippen LogP contribution in [-0.2, 0) is 21.7 Å². The lowest BCUT2D eigenvalue weighted by Gasteiger charge is -2.13. The second-order valence-corrected chi connectivity index (χ2v) is 10.8. The molecule has 0 bridgehead atoms. The standard InChI is InChI=1S/C33H42N2O4S/c1-35(2)28-13-11-14-30(24-28)40-25-27-17-21-32(31(34-27)20-22-33(36)38-4)39-23-10-8-6-5-7-9-12-26-15-18-29(37-3)19-16-26/h11,13-22,24H,5-10,12,23,25H2,1-4H3/b22-20+. The summed E-state index contributed by atoms with van der Waals surface area (Å²) in [6.07, 6.45) is 11.2. The molecule has 3 rings (SSSR count). The molecule has 0 N–H and O–H groups in total. The number of pyridine rings is 1. The molecule has 0 saturated carbocycles. The van der Waals surface area contributed by atoms with E-state index in [2.05, 4.69) is 41.3 Å². The fourth-order valence-corrected chi connectivity index (χ4v) is 5.02. The zero-order valence-corrected chi connectivity index (χ0v) is 25.0. The summed E-state index contributed by atoms with van der Waals surface area (Å²) in [5.41, 5.74) is 4.09. The SMILES string of the molecule is COC(=O)/C=C/c1nc(CSc2cccc(N(C)C)c2)ccc1OCCCCCCCCc1ccc(OC)cc1. The first-order chi connectivity index (χ1) is 19.5. The number of benzene rings is 2. The van der Waals surface area contributed by atoms with Crippen LogP contribution in [0.25, 0.3) is 6.08 Å². The number of methoxy groups -OCH3 is 2. The van der Waals surface area contributed by atoms with Crippen LogP contribution in [0.1, 0.15) is 55.5 Å². The molecular weight excluding hydrogens is 520 g/mol. The van der Waals surface area contributed by atoms with Crippen LogP contribution in [0.15, 0.2) is 71.6 Å². The lowest BCUT2D eigenvalue weighted by molar-refractivity contribution is -0.134. The van der Waals surface area contributed by atoms with Crippen LogP contribution in [0.4, 0.5) is 5.69 Å². The Bertz CT molecular complexity index is 1210. The van der Waals surface area contributed by atoms with E-state index in [1.807, 2.05) is 38.4 Å². The van der Waals surface area contributed by atoms with Crippen LogP contribution in [0.2, 0.25) is 0 Å². The fourth-order valence-electron chi connectivity index (χ4n) is 4.16. The molecule has 0 saturated heterocycles. The second-order valence-electron chi connectivity index (χ2n) is 9.79. The van der Waals surface area contributed by atoms with Gasteiger partial charge in [-0.25, -0.2) is 9.78 Å². The number of nitrogens with zero attached hydrogens (tertiary/aromatic N) is 2. The van der Waals surface area contributed by atoms with E-state index in [1.165, 1.54) is 49.3 Å². The molecule has 7 heteroatoms. The molecule has 0 atom stereocenters. The van der Waals surface area contributed by atoms with Gasteiger partial charge >= 0.3 is 5.97 Å². The van der Waals surface area contributed by atoms with Gasteiger partial charge in [-0.2, -0.15) is 0 Å². The average Bonchev–Trinajstić information content (AvgIpc) is 2.98. The first-order valence-electron chi connectivity index (χ1n) is 13.9. The number of unbranched alkanes of at least 4 members (excludes halogenated alkanes) is 5. The molecule has 1 aromatic heterocycles. The highest BCUT2D eigenvalue weighted by atomic mass is 32.2. The zero-order chi connectivity index (χ0) is 28.6. The topological polar surface area (TPSA) is 60.9 Å². The summed E-state index contributed by atoms with van der Waals surface area (Å²) in [6, 6.07) is 20.7. The molecule has 0 spiro atoms. The lowest BCUT2D eigenvalue weighted by atomic mass is 10.0. The van der Waals surface area contributed by atoms with E-state index >= 15 is 0 Å². The van der Waals surface area contributed by atoms with Gasteiger partial charge in [0.25, 0.3) is 0 Å². The first-order valence-corrected chi connectivity index (χ1v) is 14.9. The Morgan fingerprint density at radius 1 is 0.925 bits per heavy atom. The van der Waals surface area contributed by atoms with Crippen molar-refractivity contribution in [2.75, 3.05) is 39.8 Å². The summed E-state index contributed by atoms with van der Waals surface area (Å²) >= 11 is 1.73. The molecule has 0 aliphatic rings. The highest BCUT2D eigenvalue weighted by molar-refractivity contribution is 7.98. The van der Waals surface area contributed by atoms with Gasteiger partial charge in [0.15, 0.2) is 0 Å².